The van der Waals surface area contributed by atoms with Crippen LogP contribution in [0, 0.1) is 5.82 Å². The van der Waals surface area contributed by atoms with Gasteiger partial charge in [0.05, 0.1) is 5.02 Å². The van der Waals surface area contributed by atoms with Crippen molar-refractivity contribution in [2.24, 2.45) is 0 Å². The fourth-order valence-electron chi connectivity index (χ4n) is 2.93. The van der Waals surface area contributed by atoms with Crippen molar-refractivity contribution in [3.8, 4) is 0 Å². The normalized spacial score (nSPS) is 18.6. The molecule has 0 heterocycles. The summed E-state index contributed by atoms with van der Waals surface area (Å²) in [6, 6.07) is 3.91. The Hall–Kier alpha value is -0.930. The van der Waals surface area contributed by atoms with Crippen LogP contribution < -0.4 is 0 Å². The molecule has 0 unspecified atom stereocenters. The van der Waals surface area contributed by atoms with Crippen LogP contribution in [-0.2, 0) is 4.74 Å². The number of hydrogen-bond acceptors (Lipinski definition) is 2. The first-order valence-corrected chi connectivity index (χ1v) is 7.61. The van der Waals surface area contributed by atoms with Crippen LogP contribution in [0.25, 0.3) is 0 Å². The first-order valence-electron chi connectivity index (χ1n) is 7.23. The summed E-state index contributed by atoms with van der Waals surface area (Å²) in [4.78, 5) is 12.9. The zero-order valence-corrected chi connectivity index (χ0v) is 12.5. The molecule has 0 spiro atoms. The molecule has 0 bridgehead atoms. The Balaban J connectivity index is 2.37. The van der Waals surface area contributed by atoms with Gasteiger partial charge in [0.15, 0.2) is 5.78 Å². The number of carbonyl (C=O) groups excluding carboxylic acids is 1. The van der Waals surface area contributed by atoms with E-state index in [2.05, 4.69) is 0 Å². The van der Waals surface area contributed by atoms with E-state index in [1.807, 2.05) is 6.92 Å². The number of benzene rings is 1. The van der Waals surface area contributed by atoms with Crippen molar-refractivity contribution in [3.63, 3.8) is 0 Å². The Labute approximate surface area is 124 Å². The van der Waals surface area contributed by atoms with Gasteiger partial charge in [-0.2, -0.15) is 0 Å². The SMILES string of the molecule is CCOC1(C(=O)c2cc(F)ccc2Cl)CCCCCC1. The van der Waals surface area contributed by atoms with Gasteiger partial charge in [0.1, 0.15) is 11.4 Å². The van der Waals surface area contributed by atoms with Crippen molar-refractivity contribution in [1.82, 2.24) is 0 Å². The summed E-state index contributed by atoms with van der Waals surface area (Å²) in [5.41, 5.74) is -0.593. The summed E-state index contributed by atoms with van der Waals surface area (Å²) < 4.78 is 19.2. The molecule has 0 aliphatic heterocycles. The van der Waals surface area contributed by atoms with Gasteiger partial charge in [-0.3, -0.25) is 4.79 Å². The van der Waals surface area contributed by atoms with Crippen molar-refractivity contribution < 1.29 is 13.9 Å². The Morgan fingerprint density at radius 2 is 1.95 bits per heavy atom. The Morgan fingerprint density at radius 1 is 1.30 bits per heavy atom. The second kappa shape index (κ2) is 6.68. The standard InChI is InChI=1S/C16H20ClFO2/c1-2-20-16(9-5-3-4-6-10-16)15(19)13-11-12(18)7-8-14(13)17/h7-8,11H,2-6,9-10H2,1H3. The molecular formula is C16H20ClFO2. The van der Waals surface area contributed by atoms with E-state index in [-0.39, 0.29) is 11.3 Å². The largest absolute Gasteiger partial charge is 0.367 e. The molecule has 2 nitrogen and oxygen atoms in total. The molecule has 1 aliphatic carbocycles. The Kier molecular flexibility index (Phi) is 5.17. The molecule has 0 amide bonds. The average molecular weight is 299 g/mol. The van der Waals surface area contributed by atoms with Gasteiger partial charge in [-0.15, -0.1) is 0 Å². The highest BCUT2D eigenvalue weighted by Gasteiger charge is 2.40. The molecular weight excluding hydrogens is 279 g/mol. The monoisotopic (exact) mass is 298 g/mol. The number of carbonyl (C=O) groups is 1. The zero-order valence-electron chi connectivity index (χ0n) is 11.8. The third-order valence-electron chi connectivity index (χ3n) is 3.92. The first kappa shape index (κ1) is 15.5. The fourth-order valence-corrected chi connectivity index (χ4v) is 3.13. The number of ether oxygens (including phenoxy) is 1. The van der Waals surface area contributed by atoms with Crippen molar-refractivity contribution >= 4 is 17.4 Å². The van der Waals surface area contributed by atoms with Gasteiger partial charge in [0.2, 0.25) is 0 Å². The van der Waals surface area contributed by atoms with E-state index in [1.54, 1.807) is 0 Å². The minimum absolute atomic E-state index is 0.175. The van der Waals surface area contributed by atoms with E-state index in [0.29, 0.717) is 24.5 Å². The van der Waals surface area contributed by atoms with E-state index in [1.165, 1.54) is 18.2 Å². The van der Waals surface area contributed by atoms with E-state index >= 15 is 0 Å². The number of ketones is 1. The smallest absolute Gasteiger partial charge is 0.196 e. The van der Waals surface area contributed by atoms with Gasteiger partial charge in [0.25, 0.3) is 0 Å². The van der Waals surface area contributed by atoms with E-state index in [4.69, 9.17) is 16.3 Å². The molecule has 110 valence electrons. The average Bonchev–Trinajstić information content (AvgIpc) is 2.68. The van der Waals surface area contributed by atoms with Crippen LogP contribution in [0.15, 0.2) is 18.2 Å². The summed E-state index contributed by atoms with van der Waals surface area (Å²) in [5.74, 6) is -0.622. The van der Waals surface area contributed by atoms with Gasteiger partial charge < -0.3 is 4.74 Å². The summed E-state index contributed by atoms with van der Waals surface area (Å²) in [6.07, 6.45) is 5.51. The number of rotatable bonds is 4. The Bertz CT molecular complexity index is 479. The molecule has 1 fully saturated rings. The van der Waals surface area contributed by atoms with Gasteiger partial charge in [0, 0.05) is 12.2 Å². The van der Waals surface area contributed by atoms with Crippen LogP contribution in [0.1, 0.15) is 55.8 Å². The van der Waals surface area contributed by atoms with Gasteiger partial charge >= 0.3 is 0 Å². The molecule has 2 rings (SSSR count). The quantitative estimate of drug-likeness (QED) is 0.590. The first-order chi connectivity index (χ1) is 9.59. The van der Waals surface area contributed by atoms with Crippen molar-refractivity contribution in [3.05, 3.63) is 34.6 Å². The van der Waals surface area contributed by atoms with Gasteiger partial charge in [-0.25, -0.2) is 4.39 Å². The maximum atomic E-state index is 13.4. The lowest BCUT2D eigenvalue weighted by Gasteiger charge is -2.31. The van der Waals surface area contributed by atoms with Crippen molar-refractivity contribution in [1.29, 1.82) is 0 Å². The molecule has 0 radical (unpaired) electrons. The van der Waals surface area contributed by atoms with Crippen molar-refractivity contribution in [2.45, 2.75) is 51.0 Å². The minimum Gasteiger partial charge on any atom is -0.367 e. The van der Waals surface area contributed by atoms with E-state index in [9.17, 15) is 9.18 Å². The van der Waals surface area contributed by atoms with Crippen LogP contribution in [0.2, 0.25) is 5.02 Å². The maximum Gasteiger partial charge on any atom is 0.196 e. The topological polar surface area (TPSA) is 26.3 Å². The zero-order chi connectivity index (χ0) is 14.6. The summed E-state index contributed by atoms with van der Waals surface area (Å²) in [7, 11) is 0. The highest BCUT2D eigenvalue weighted by atomic mass is 35.5. The molecule has 0 atom stereocenters. The van der Waals surface area contributed by atoms with Crippen LogP contribution in [-0.4, -0.2) is 18.0 Å². The third kappa shape index (κ3) is 3.21. The third-order valence-corrected chi connectivity index (χ3v) is 4.25. The summed E-state index contributed by atoms with van der Waals surface area (Å²) >= 11 is 6.07. The van der Waals surface area contributed by atoms with Crippen molar-refractivity contribution in [2.75, 3.05) is 6.61 Å². The fraction of sp³-hybridized carbons (Fsp3) is 0.562. The minimum atomic E-state index is -0.831. The molecule has 20 heavy (non-hydrogen) atoms. The predicted molar refractivity (Wildman–Crippen MR) is 77.8 cm³/mol. The second-order valence-corrected chi connectivity index (χ2v) is 5.70. The highest BCUT2D eigenvalue weighted by Crippen LogP contribution is 2.35. The van der Waals surface area contributed by atoms with E-state index < -0.39 is 11.4 Å². The number of hydrogen-bond donors (Lipinski definition) is 0. The Morgan fingerprint density at radius 3 is 2.55 bits per heavy atom. The molecule has 1 aliphatic rings. The molecule has 4 heteroatoms. The van der Waals surface area contributed by atoms with E-state index in [0.717, 1.165) is 25.7 Å². The molecule has 0 N–H and O–H groups in total. The molecule has 1 aromatic carbocycles. The van der Waals surface area contributed by atoms with Crippen LogP contribution in [0.5, 0.6) is 0 Å². The van der Waals surface area contributed by atoms with Gasteiger partial charge in [-0.1, -0.05) is 37.3 Å². The van der Waals surface area contributed by atoms with Crippen LogP contribution >= 0.6 is 11.6 Å². The highest BCUT2D eigenvalue weighted by molar-refractivity contribution is 6.34. The molecule has 1 aromatic rings. The molecule has 0 aromatic heterocycles. The molecule has 0 saturated heterocycles. The number of halogens is 2. The second-order valence-electron chi connectivity index (χ2n) is 5.29. The lowest BCUT2D eigenvalue weighted by Crippen LogP contribution is -2.41. The van der Waals surface area contributed by atoms with Crippen LogP contribution in [0.3, 0.4) is 0 Å². The summed E-state index contributed by atoms with van der Waals surface area (Å²) in [6.45, 7) is 2.35. The predicted octanol–water partition coefficient (Wildman–Crippen LogP) is 4.79. The molecule has 1 saturated carbocycles. The summed E-state index contributed by atoms with van der Waals surface area (Å²) in [5, 5.41) is 0.291. The van der Waals surface area contributed by atoms with Crippen LogP contribution in [0.4, 0.5) is 4.39 Å². The maximum absolute atomic E-state index is 13.4. The number of Topliss-reactive ketones (excluding diaryl/α,β-unsaturated/α-hetero) is 1. The lowest BCUT2D eigenvalue weighted by molar-refractivity contribution is -0.0292. The lowest BCUT2D eigenvalue weighted by atomic mass is 9.85. The van der Waals surface area contributed by atoms with Gasteiger partial charge in [-0.05, 0) is 38.0 Å².